The molecule has 92 valence electrons. The Morgan fingerprint density at radius 2 is 2.19 bits per heavy atom. The van der Waals surface area contributed by atoms with Gasteiger partial charge in [0.25, 0.3) is 0 Å². The van der Waals surface area contributed by atoms with Crippen LogP contribution in [0.25, 0.3) is 0 Å². The van der Waals surface area contributed by atoms with Crippen molar-refractivity contribution in [2.75, 3.05) is 19.6 Å². The maximum Gasteiger partial charge on any atom is 0.318 e. The number of imide groups is 1. The van der Waals surface area contributed by atoms with E-state index in [4.69, 9.17) is 11.5 Å². The lowest BCUT2D eigenvalue weighted by Crippen LogP contribution is -2.38. The van der Waals surface area contributed by atoms with E-state index in [2.05, 4.69) is 17.1 Å². The predicted molar refractivity (Wildman–Crippen MR) is 60.5 cm³/mol. The molecule has 6 heteroatoms. The Morgan fingerprint density at radius 1 is 1.50 bits per heavy atom. The third kappa shape index (κ3) is 3.79. The number of likely N-dealkylation sites (tertiary alicyclic amines) is 1. The molecule has 0 aromatic carbocycles. The van der Waals surface area contributed by atoms with E-state index in [0.717, 1.165) is 13.0 Å². The molecule has 1 saturated heterocycles. The van der Waals surface area contributed by atoms with E-state index in [1.807, 2.05) is 0 Å². The van der Waals surface area contributed by atoms with Gasteiger partial charge in [0.05, 0.1) is 0 Å². The molecule has 1 aliphatic heterocycles. The van der Waals surface area contributed by atoms with Crippen molar-refractivity contribution in [2.45, 2.75) is 25.8 Å². The topological polar surface area (TPSA) is 101 Å². The minimum absolute atomic E-state index is 0.296. The summed E-state index contributed by atoms with van der Waals surface area (Å²) in [5, 5.41) is 2.06. The molecule has 1 heterocycles. The highest BCUT2D eigenvalue weighted by atomic mass is 16.2. The lowest BCUT2D eigenvalue weighted by atomic mass is 10.1. The molecule has 16 heavy (non-hydrogen) atoms. The van der Waals surface area contributed by atoms with Crippen molar-refractivity contribution in [1.29, 1.82) is 0 Å². The summed E-state index contributed by atoms with van der Waals surface area (Å²) in [5.74, 6) is 0.199. The zero-order chi connectivity index (χ0) is 12.1. The number of nitrogens with zero attached hydrogens (tertiary/aromatic N) is 1. The zero-order valence-electron chi connectivity index (χ0n) is 9.61. The fourth-order valence-corrected chi connectivity index (χ4v) is 2.15. The number of urea groups is 1. The smallest absolute Gasteiger partial charge is 0.318 e. The number of nitrogens with one attached hydrogen (secondary N) is 1. The number of amides is 3. The number of hydrogen-bond acceptors (Lipinski definition) is 4. The number of nitrogens with two attached hydrogens (primary N) is 2. The van der Waals surface area contributed by atoms with Gasteiger partial charge in [-0.1, -0.05) is 0 Å². The highest BCUT2D eigenvalue weighted by Crippen LogP contribution is 2.21. The van der Waals surface area contributed by atoms with Crippen molar-refractivity contribution in [2.24, 2.45) is 17.4 Å². The summed E-state index contributed by atoms with van der Waals surface area (Å²) in [6.07, 6.45) is 1.37. The molecule has 1 aliphatic rings. The van der Waals surface area contributed by atoms with E-state index in [1.165, 1.54) is 0 Å². The molecular formula is C10H20N4O2. The molecule has 0 aromatic heterocycles. The second-order valence-corrected chi connectivity index (χ2v) is 4.34. The molecule has 2 unspecified atom stereocenters. The van der Waals surface area contributed by atoms with Gasteiger partial charge in [-0.05, 0) is 25.8 Å². The molecule has 3 amide bonds. The van der Waals surface area contributed by atoms with Crippen LogP contribution in [-0.4, -0.2) is 42.5 Å². The molecule has 1 rings (SSSR count). The third-order valence-corrected chi connectivity index (χ3v) is 3.01. The average molecular weight is 228 g/mol. The van der Waals surface area contributed by atoms with Crippen LogP contribution in [-0.2, 0) is 4.79 Å². The largest absolute Gasteiger partial charge is 0.351 e. The van der Waals surface area contributed by atoms with Crippen molar-refractivity contribution in [3.63, 3.8) is 0 Å². The van der Waals surface area contributed by atoms with Crippen LogP contribution in [0.3, 0.4) is 0 Å². The summed E-state index contributed by atoms with van der Waals surface area (Å²) in [4.78, 5) is 23.9. The van der Waals surface area contributed by atoms with Crippen LogP contribution in [0.15, 0.2) is 0 Å². The first-order chi connectivity index (χ1) is 7.52. The Kier molecular flexibility index (Phi) is 4.70. The van der Waals surface area contributed by atoms with Gasteiger partial charge in [0.2, 0.25) is 5.91 Å². The molecule has 0 bridgehead atoms. The number of hydrogen-bond donors (Lipinski definition) is 3. The Morgan fingerprint density at radius 3 is 2.69 bits per heavy atom. The SMILES string of the molecule is CC1CC(CN)CN1CCC(=O)NC(N)=O. The fraction of sp³-hybridized carbons (Fsp3) is 0.800. The van der Waals surface area contributed by atoms with E-state index in [1.54, 1.807) is 0 Å². The van der Waals surface area contributed by atoms with Crippen LogP contribution < -0.4 is 16.8 Å². The summed E-state index contributed by atoms with van der Waals surface area (Å²) in [6, 6.07) is -0.339. The predicted octanol–water partition coefficient (Wildman–Crippen LogP) is -0.759. The first-order valence-electron chi connectivity index (χ1n) is 5.56. The Bertz CT molecular complexity index is 270. The van der Waals surface area contributed by atoms with Crippen LogP contribution in [0, 0.1) is 5.92 Å². The maximum absolute atomic E-state index is 11.2. The standard InChI is InChI=1S/C10H20N4O2/c1-7-4-8(5-11)6-14(7)3-2-9(15)13-10(12)16/h7-8H,2-6,11H2,1H3,(H3,12,13,15,16). The van der Waals surface area contributed by atoms with Crippen LogP contribution in [0.2, 0.25) is 0 Å². The van der Waals surface area contributed by atoms with Gasteiger partial charge in [-0.3, -0.25) is 15.0 Å². The molecule has 0 aromatic rings. The average Bonchev–Trinajstić information content (AvgIpc) is 2.55. The van der Waals surface area contributed by atoms with Crippen molar-refractivity contribution >= 4 is 11.9 Å². The van der Waals surface area contributed by atoms with E-state index >= 15 is 0 Å². The van der Waals surface area contributed by atoms with Crippen molar-refractivity contribution in [3.8, 4) is 0 Å². The Hall–Kier alpha value is -1.14. The van der Waals surface area contributed by atoms with Crippen LogP contribution in [0.4, 0.5) is 4.79 Å². The minimum Gasteiger partial charge on any atom is -0.351 e. The van der Waals surface area contributed by atoms with E-state index in [0.29, 0.717) is 31.5 Å². The van der Waals surface area contributed by atoms with Crippen molar-refractivity contribution in [1.82, 2.24) is 10.2 Å². The van der Waals surface area contributed by atoms with Gasteiger partial charge in [0.1, 0.15) is 0 Å². The lowest BCUT2D eigenvalue weighted by molar-refractivity contribution is -0.120. The summed E-state index contributed by atoms with van der Waals surface area (Å²) >= 11 is 0. The Balaban J connectivity index is 2.27. The molecule has 6 nitrogen and oxygen atoms in total. The molecule has 0 spiro atoms. The summed E-state index contributed by atoms with van der Waals surface area (Å²) in [5.41, 5.74) is 10.5. The molecule has 5 N–H and O–H groups in total. The summed E-state index contributed by atoms with van der Waals surface area (Å²) in [7, 11) is 0. The molecule has 0 radical (unpaired) electrons. The monoisotopic (exact) mass is 228 g/mol. The number of rotatable bonds is 4. The fourth-order valence-electron chi connectivity index (χ4n) is 2.15. The molecular weight excluding hydrogens is 208 g/mol. The van der Waals surface area contributed by atoms with E-state index in [9.17, 15) is 9.59 Å². The lowest BCUT2D eigenvalue weighted by Gasteiger charge is -2.20. The van der Waals surface area contributed by atoms with Gasteiger partial charge < -0.3 is 11.5 Å². The van der Waals surface area contributed by atoms with Crippen molar-refractivity contribution in [3.05, 3.63) is 0 Å². The molecule has 2 atom stereocenters. The maximum atomic E-state index is 11.2. The third-order valence-electron chi connectivity index (χ3n) is 3.01. The number of primary amides is 1. The van der Waals surface area contributed by atoms with Gasteiger partial charge >= 0.3 is 6.03 Å². The van der Waals surface area contributed by atoms with Crippen LogP contribution in [0.5, 0.6) is 0 Å². The quantitative estimate of drug-likeness (QED) is 0.588. The summed E-state index contributed by atoms with van der Waals surface area (Å²) < 4.78 is 0. The van der Waals surface area contributed by atoms with Crippen molar-refractivity contribution < 1.29 is 9.59 Å². The second-order valence-electron chi connectivity index (χ2n) is 4.34. The minimum atomic E-state index is -0.792. The van der Waals surface area contributed by atoms with Crippen LogP contribution >= 0.6 is 0 Å². The first kappa shape index (κ1) is 12.9. The number of carbonyl (C=O) groups excluding carboxylic acids is 2. The van der Waals surface area contributed by atoms with Gasteiger partial charge in [0, 0.05) is 25.6 Å². The van der Waals surface area contributed by atoms with E-state index in [-0.39, 0.29) is 5.91 Å². The van der Waals surface area contributed by atoms with Gasteiger partial charge in [-0.25, -0.2) is 4.79 Å². The molecule has 0 saturated carbocycles. The second kappa shape index (κ2) is 5.81. The summed E-state index contributed by atoms with van der Waals surface area (Å²) in [6.45, 7) is 4.40. The Labute approximate surface area is 95.3 Å². The van der Waals surface area contributed by atoms with E-state index < -0.39 is 6.03 Å². The van der Waals surface area contributed by atoms with Gasteiger partial charge in [-0.15, -0.1) is 0 Å². The highest BCUT2D eigenvalue weighted by molar-refractivity contribution is 5.93. The zero-order valence-corrected chi connectivity index (χ0v) is 9.61. The molecule has 0 aliphatic carbocycles. The highest BCUT2D eigenvalue weighted by Gasteiger charge is 2.27. The van der Waals surface area contributed by atoms with Crippen LogP contribution in [0.1, 0.15) is 19.8 Å². The first-order valence-corrected chi connectivity index (χ1v) is 5.56. The number of carbonyl (C=O) groups is 2. The van der Waals surface area contributed by atoms with Gasteiger partial charge in [-0.2, -0.15) is 0 Å². The normalized spacial score (nSPS) is 25.6. The van der Waals surface area contributed by atoms with Gasteiger partial charge in [0.15, 0.2) is 0 Å². The molecule has 1 fully saturated rings.